The van der Waals surface area contributed by atoms with E-state index in [0.29, 0.717) is 12.3 Å². The van der Waals surface area contributed by atoms with Gasteiger partial charge in [0.2, 0.25) is 5.91 Å². The minimum Gasteiger partial charge on any atom is -0.480 e. The average molecular weight is 395 g/mol. The van der Waals surface area contributed by atoms with Gasteiger partial charge in [-0.25, -0.2) is 0 Å². The van der Waals surface area contributed by atoms with Crippen LogP contribution in [0.4, 0.5) is 5.69 Å². The van der Waals surface area contributed by atoms with Gasteiger partial charge in [-0.3, -0.25) is 14.5 Å². The molecular formula is C18H23BrN2O3. The predicted molar refractivity (Wildman–Crippen MR) is 96.0 cm³/mol. The van der Waals surface area contributed by atoms with Gasteiger partial charge >= 0.3 is 5.97 Å². The Hall–Kier alpha value is -1.40. The number of aryl methyl sites for hydroxylation is 1. The number of hydrogen-bond acceptors (Lipinski definition) is 3. The second-order valence-corrected chi connectivity index (χ2v) is 7.74. The second kappa shape index (κ2) is 7.23. The molecule has 24 heavy (non-hydrogen) atoms. The van der Waals surface area contributed by atoms with Crippen molar-refractivity contribution < 1.29 is 14.7 Å². The number of amides is 1. The zero-order chi connectivity index (χ0) is 17.3. The van der Waals surface area contributed by atoms with Gasteiger partial charge < -0.3 is 10.4 Å². The number of likely N-dealkylation sites (tertiary alicyclic amines) is 1. The third kappa shape index (κ3) is 3.64. The van der Waals surface area contributed by atoms with Gasteiger partial charge in [0, 0.05) is 16.2 Å². The summed E-state index contributed by atoms with van der Waals surface area (Å²) in [6, 6.07) is 5.35. The molecule has 6 heteroatoms. The topological polar surface area (TPSA) is 69.6 Å². The molecule has 1 aliphatic carbocycles. The number of benzene rings is 1. The quantitative estimate of drug-likeness (QED) is 0.820. The van der Waals surface area contributed by atoms with Crippen LogP contribution >= 0.6 is 15.9 Å². The molecule has 2 fully saturated rings. The van der Waals surface area contributed by atoms with E-state index < -0.39 is 12.0 Å². The molecule has 0 bridgehead atoms. The van der Waals surface area contributed by atoms with Crippen molar-refractivity contribution in [3.8, 4) is 0 Å². The first-order chi connectivity index (χ1) is 11.5. The third-order valence-electron chi connectivity index (χ3n) is 5.27. The lowest BCUT2D eigenvalue weighted by Crippen LogP contribution is -2.46. The minimum absolute atomic E-state index is 0.144. The summed E-state index contributed by atoms with van der Waals surface area (Å²) in [5.41, 5.74) is 1.79. The fourth-order valence-corrected chi connectivity index (χ4v) is 4.36. The predicted octanol–water partition coefficient (Wildman–Crippen LogP) is 3.41. The van der Waals surface area contributed by atoms with Crippen molar-refractivity contribution in [2.75, 3.05) is 11.9 Å². The lowest BCUT2D eigenvalue weighted by Gasteiger charge is -2.32. The maximum absolute atomic E-state index is 12.4. The van der Waals surface area contributed by atoms with E-state index in [2.05, 4.69) is 21.2 Å². The number of aliphatic carboxylic acids is 1. The molecule has 1 aromatic rings. The van der Waals surface area contributed by atoms with Crippen LogP contribution in [0.25, 0.3) is 0 Å². The Morgan fingerprint density at radius 3 is 2.79 bits per heavy atom. The summed E-state index contributed by atoms with van der Waals surface area (Å²) in [6.07, 6.45) is 5.05. The number of fused-ring (bicyclic) bond motifs is 1. The lowest BCUT2D eigenvalue weighted by molar-refractivity contribution is -0.143. The molecule has 2 N–H and O–H groups in total. The van der Waals surface area contributed by atoms with Crippen LogP contribution in [-0.4, -0.2) is 40.5 Å². The summed E-state index contributed by atoms with van der Waals surface area (Å²) in [6.45, 7) is 2.11. The van der Waals surface area contributed by atoms with Gasteiger partial charge in [0.05, 0.1) is 6.54 Å². The van der Waals surface area contributed by atoms with Gasteiger partial charge in [-0.05, 0) is 55.9 Å². The van der Waals surface area contributed by atoms with Crippen molar-refractivity contribution in [1.82, 2.24) is 4.90 Å². The summed E-state index contributed by atoms with van der Waals surface area (Å²) in [5, 5.41) is 12.4. The van der Waals surface area contributed by atoms with Gasteiger partial charge in [0.15, 0.2) is 0 Å². The largest absolute Gasteiger partial charge is 0.480 e. The lowest BCUT2D eigenvalue weighted by atomic mass is 9.85. The maximum atomic E-state index is 12.4. The number of anilines is 1. The van der Waals surface area contributed by atoms with Crippen LogP contribution in [0.2, 0.25) is 0 Å². The molecule has 3 atom stereocenters. The highest BCUT2D eigenvalue weighted by Crippen LogP contribution is 2.39. The molecule has 1 saturated heterocycles. The number of carboxylic acids is 1. The van der Waals surface area contributed by atoms with Crippen LogP contribution in [0, 0.1) is 12.8 Å². The van der Waals surface area contributed by atoms with Crippen molar-refractivity contribution in [3.63, 3.8) is 0 Å². The van der Waals surface area contributed by atoms with E-state index in [4.69, 9.17) is 0 Å². The SMILES string of the molecule is Cc1cc(NC(=O)CN2C(C(=O)O)CC3CCCCC32)ccc1Br. The molecular weight excluding hydrogens is 372 g/mol. The number of rotatable bonds is 4. The number of carbonyl (C=O) groups excluding carboxylic acids is 1. The van der Waals surface area contributed by atoms with Crippen LogP contribution in [0.1, 0.15) is 37.7 Å². The number of carboxylic acid groups (broad SMARTS) is 1. The van der Waals surface area contributed by atoms with Crippen molar-refractivity contribution in [1.29, 1.82) is 0 Å². The van der Waals surface area contributed by atoms with Crippen molar-refractivity contribution in [2.45, 2.75) is 51.1 Å². The molecule has 1 amide bonds. The smallest absolute Gasteiger partial charge is 0.320 e. The van der Waals surface area contributed by atoms with Gasteiger partial charge in [0.25, 0.3) is 0 Å². The summed E-state index contributed by atoms with van der Waals surface area (Å²) in [5.74, 6) is -0.534. The molecule has 0 radical (unpaired) electrons. The first-order valence-electron chi connectivity index (χ1n) is 8.50. The molecule has 1 heterocycles. The number of halogens is 1. The Labute approximate surface area is 150 Å². The molecule has 2 aliphatic rings. The zero-order valence-corrected chi connectivity index (χ0v) is 15.4. The van der Waals surface area contributed by atoms with Crippen LogP contribution < -0.4 is 5.32 Å². The van der Waals surface area contributed by atoms with Gasteiger partial charge in [-0.1, -0.05) is 28.8 Å². The number of hydrogen-bond donors (Lipinski definition) is 2. The Kier molecular flexibility index (Phi) is 5.25. The Bertz CT molecular complexity index is 649. The first kappa shape index (κ1) is 17.4. The minimum atomic E-state index is -0.809. The second-order valence-electron chi connectivity index (χ2n) is 6.89. The van der Waals surface area contributed by atoms with Crippen molar-refractivity contribution in [2.24, 2.45) is 5.92 Å². The monoisotopic (exact) mass is 394 g/mol. The van der Waals surface area contributed by atoms with E-state index >= 15 is 0 Å². The Morgan fingerprint density at radius 1 is 1.33 bits per heavy atom. The summed E-state index contributed by atoms with van der Waals surface area (Å²) in [4.78, 5) is 26.0. The molecule has 1 saturated carbocycles. The fourth-order valence-electron chi connectivity index (χ4n) is 4.11. The Balaban J connectivity index is 1.69. The van der Waals surface area contributed by atoms with E-state index in [1.807, 2.05) is 30.0 Å². The highest BCUT2D eigenvalue weighted by atomic mass is 79.9. The maximum Gasteiger partial charge on any atom is 0.320 e. The van der Waals surface area contributed by atoms with E-state index in [9.17, 15) is 14.7 Å². The number of nitrogens with zero attached hydrogens (tertiary/aromatic N) is 1. The van der Waals surface area contributed by atoms with E-state index in [-0.39, 0.29) is 18.5 Å². The first-order valence-corrected chi connectivity index (χ1v) is 9.29. The van der Waals surface area contributed by atoms with E-state index in [0.717, 1.165) is 35.0 Å². The Morgan fingerprint density at radius 2 is 2.08 bits per heavy atom. The molecule has 0 aromatic heterocycles. The summed E-state index contributed by atoms with van der Waals surface area (Å²) < 4.78 is 0.996. The molecule has 3 unspecified atom stereocenters. The van der Waals surface area contributed by atoms with E-state index in [1.54, 1.807) is 0 Å². The summed E-state index contributed by atoms with van der Waals surface area (Å²) in [7, 11) is 0. The number of nitrogens with one attached hydrogen (secondary N) is 1. The van der Waals surface area contributed by atoms with Crippen LogP contribution in [-0.2, 0) is 9.59 Å². The van der Waals surface area contributed by atoms with Gasteiger partial charge in [-0.2, -0.15) is 0 Å². The molecule has 130 valence electrons. The molecule has 1 aromatic carbocycles. The zero-order valence-electron chi connectivity index (χ0n) is 13.8. The van der Waals surface area contributed by atoms with Crippen molar-refractivity contribution in [3.05, 3.63) is 28.2 Å². The van der Waals surface area contributed by atoms with Crippen LogP contribution in [0.5, 0.6) is 0 Å². The summed E-state index contributed by atoms with van der Waals surface area (Å²) >= 11 is 3.44. The van der Waals surface area contributed by atoms with Crippen LogP contribution in [0.15, 0.2) is 22.7 Å². The molecule has 1 aliphatic heterocycles. The molecule has 0 spiro atoms. The third-order valence-corrected chi connectivity index (χ3v) is 6.16. The highest BCUT2D eigenvalue weighted by molar-refractivity contribution is 9.10. The normalized spacial score (nSPS) is 26.8. The van der Waals surface area contributed by atoms with Crippen molar-refractivity contribution >= 4 is 33.5 Å². The van der Waals surface area contributed by atoms with Gasteiger partial charge in [0.1, 0.15) is 6.04 Å². The number of carbonyl (C=O) groups is 2. The van der Waals surface area contributed by atoms with Gasteiger partial charge in [-0.15, -0.1) is 0 Å². The molecule has 5 nitrogen and oxygen atoms in total. The van der Waals surface area contributed by atoms with E-state index in [1.165, 1.54) is 6.42 Å². The molecule has 3 rings (SSSR count). The van der Waals surface area contributed by atoms with Crippen LogP contribution in [0.3, 0.4) is 0 Å². The average Bonchev–Trinajstić information content (AvgIpc) is 2.90. The fraction of sp³-hybridized carbons (Fsp3) is 0.556. The standard InChI is InChI=1S/C18H23BrN2O3/c1-11-8-13(6-7-14(11)19)20-17(22)10-21-15-5-3-2-4-12(15)9-16(21)18(23)24/h6-8,12,15-16H,2-5,9-10H2,1H3,(H,20,22)(H,23,24). The highest BCUT2D eigenvalue weighted by Gasteiger charge is 2.45.